The average molecular weight is 319 g/mol. The van der Waals surface area contributed by atoms with Crippen molar-refractivity contribution in [2.24, 2.45) is 0 Å². The molecule has 2 aromatic carbocycles. The molecule has 0 radical (unpaired) electrons. The maximum absolute atomic E-state index is 6.08. The minimum absolute atomic E-state index is 0.567. The molecule has 0 saturated carbocycles. The van der Waals surface area contributed by atoms with E-state index in [0.717, 1.165) is 40.4 Å². The zero-order valence-electron chi connectivity index (χ0n) is 11.8. The molecule has 108 valence electrons. The number of hydrogen-bond acceptors (Lipinski definition) is 1. The first-order chi connectivity index (χ1) is 10.2. The predicted octanol–water partition coefficient (Wildman–Crippen LogP) is 4.83. The van der Waals surface area contributed by atoms with Crippen LogP contribution >= 0.6 is 23.2 Å². The van der Waals surface area contributed by atoms with Gasteiger partial charge in [-0.2, -0.15) is 0 Å². The highest BCUT2D eigenvalue weighted by Gasteiger charge is 2.11. The van der Waals surface area contributed by atoms with E-state index < -0.39 is 0 Å². The van der Waals surface area contributed by atoms with E-state index in [1.807, 2.05) is 18.2 Å². The van der Waals surface area contributed by atoms with Crippen molar-refractivity contribution in [3.8, 4) is 0 Å². The number of alkyl halides is 1. The van der Waals surface area contributed by atoms with Gasteiger partial charge in [0.1, 0.15) is 5.82 Å². The molecular weight excluding hydrogens is 303 g/mol. The Hall–Kier alpha value is -1.51. The molecule has 3 rings (SSSR count). The summed E-state index contributed by atoms with van der Waals surface area (Å²) in [5.74, 6) is 1.59. The highest BCUT2D eigenvalue weighted by molar-refractivity contribution is 6.30. The molecule has 0 aliphatic carbocycles. The molecule has 3 aromatic rings. The van der Waals surface area contributed by atoms with Gasteiger partial charge in [-0.05, 0) is 42.3 Å². The lowest BCUT2D eigenvalue weighted by atomic mass is 10.2. The summed E-state index contributed by atoms with van der Waals surface area (Å²) in [7, 11) is 0. The van der Waals surface area contributed by atoms with Crippen molar-refractivity contribution >= 4 is 34.2 Å². The number of aromatic nitrogens is 2. The number of hydrogen-bond donors (Lipinski definition) is 0. The van der Waals surface area contributed by atoms with E-state index in [0.29, 0.717) is 5.88 Å². The quantitative estimate of drug-likeness (QED) is 0.630. The fourth-order valence-electron chi connectivity index (χ4n) is 2.56. The third-order valence-electron chi connectivity index (χ3n) is 3.53. The molecule has 0 amide bonds. The van der Waals surface area contributed by atoms with Crippen molar-refractivity contribution in [1.82, 2.24) is 9.55 Å². The SMILES string of the molecule is Cc1ccc2c(c1)nc(CCCl)n2Cc1cccc(Cl)c1. The van der Waals surface area contributed by atoms with Crippen LogP contribution in [0.25, 0.3) is 11.0 Å². The van der Waals surface area contributed by atoms with E-state index in [4.69, 9.17) is 28.2 Å². The lowest BCUT2D eigenvalue weighted by Gasteiger charge is -2.09. The first-order valence-electron chi connectivity index (χ1n) is 6.93. The zero-order chi connectivity index (χ0) is 14.8. The second kappa shape index (κ2) is 6.08. The Kier molecular flexibility index (Phi) is 4.18. The van der Waals surface area contributed by atoms with E-state index in [-0.39, 0.29) is 0 Å². The van der Waals surface area contributed by atoms with Crippen LogP contribution in [0, 0.1) is 6.92 Å². The Balaban J connectivity index is 2.08. The molecule has 0 spiro atoms. The van der Waals surface area contributed by atoms with Gasteiger partial charge in [-0.15, -0.1) is 11.6 Å². The Bertz CT molecular complexity index is 778. The van der Waals surface area contributed by atoms with Gasteiger partial charge >= 0.3 is 0 Å². The summed E-state index contributed by atoms with van der Waals surface area (Å²) in [6.07, 6.45) is 0.760. The molecular formula is C17H16Cl2N2. The van der Waals surface area contributed by atoms with Crippen LogP contribution in [0.15, 0.2) is 42.5 Å². The first-order valence-corrected chi connectivity index (χ1v) is 7.85. The van der Waals surface area contributed by atoms with Gasteiger partial charge in [-0.3, -0.25) is 0 Å². The molecule has 1 heterocycles. The molecule has 0 unspecified atom stereocenters. The predicted molar refractivity (Wildman–Crippen MR) is 89.4 cm³/mol. The summed E-state index contributed by atoms with van der Waals surface area (Å²) >= 11 is 12.0. The second-order valence-electron chi connectivity index (χ2n) is 5.18. The van der Waals surface area contributed by atoms with Crippen LogP contribution < -0.4 is 0 Å². The van der Waals surface area contributed by atoms with E-state index >= 15 is 0 Å². The molecule has 0 aliphatic heterocycles. The summed E-state index contributed by atoms with van der Waals surface area (Å²) in [4.78, 5) is 4.73. The van der Waals surface area contributed by atoms with Crippen molar-refractivity contribution in [2.45, 2.75) is 19.9 Å². The van der Waals surface area contributed by atoms with Crippen molar-refractivity contribution in [1.29, 1.82) is 0 Å². The molecule has 1 aromatic heterocycles. The maximum atomic E-state index is 6.08. The van der Waals surface area contributed by atoms with Gasteiger partial charge in [0.15, 0.2) is 0 Å². The number of rotatable bonds is 4. The minimum Gasteiger partial charge on any atom is -0.323 e. The molecule has 0 aliphatic rings. The maximum Gasteiger partial charge on any atom is 0.111 e. The number of benzene rings is 2. The number of aryl methyl sites for hydroxylation is 2. The number of halogens is 2. The number of imidazole rings is 1. The molecule has 0 atom stereocenters. The van der Waals surface area contributed by atoms with Gasteiger partial charge in [0.05, 0.1) is 11.0 Å². The van der Waals surface area contributed by atoms with Gasteiger partial charge < -0.3 is 4.57 Å². The fourth-order valence-corrected chi connectivity index (χ4v) is 2.94. The molecule has 2 nitrogen and oxygen atoms in total. The zero-order valence-corrected chi connectivity index (χ0v) is 13.3. The van der Waals surface area contributed by atoms with Crippen molar-refractivity contribution in [2.75, 3.05) is 5.88 Å². The Morgan fingerprint density at radius 1 is 1.14 bits per heavy atom. The minimum atomic E-state index is 0.567. The van der Waals surface area contributed by atoms with Crippen LogP contribution in [0.3, 0.4) is 0 Å². The van der Waals surface area contributed by atoms with E-state index in [1.165, 1.54) is 5.56 Å². The van der Waals surface area contributed by atoms with Crippen LogP contribution in [-0.4, -0.2) is 15.4 Å². The average Bonchev–Trinajstić information content (AvgIpc) is 2.76. The van der Waals surface area contributed by atoms with Crippen molar-refractivity contribution in [3.63, 3.8) is 0 Å². The summed E-state index contributed by atoms with van der Waals surface area (Å²) < 4.78 is 2.23. The summed E-state index contributed by atoms with van der Waals surface area (Å²) in [6.45, 7) is 2.84. The van der Waals surface area contributed by atoms with Gasteiger partial charge in [0.25, 0.3) is 0 Å². The third kappa shape index (κ3) is 3.07. The molecule has 21 heavy (non-hydrogen) atoms. The van der Waals surface area contributed by atoms with Crippen LogP contribution in [0.5, 0.6) is 0 Å². The second-order valence-corrected chi connectivity index (χ2v) is 5.99. The van der Waals surface area contributed by atoms with E-state index in [2.05, 4.69) is 35.8 Å². The lowest BCUT2D eigenvalue weighted by molar-refractivity contribution is 0.754. The van der Waals surface area contributed by atoms with Crippen LogP contribution in [0.1, 0.15) is 17.0 Å². The Morgan fingerprint density at radius 3 is 2.76 bits per heavy atom. The Labute approximate surface area is 134 Å². The van der Waals surface area contributed by atoms with Crippen molar-refractivity contribution in [3.05, 3.63) is 64.4 Å². The molecule has 0 fully saturated rings. The first kappa shape index (κ1) is 14.4. The smallest absolute Gasteiger partial charge is 0.111 e. The third-order valence-corrected chi connectivity index (χ3v) is 3.95. The lowest BCUT2D eigenvalue weighted by Crippen LogP contribution is -2.06. The fraction of sp³-hybridized carbons (Fsp3) is 0.235. The largest absolute Gasteiger partial charge is 0.323 e. The monoisotopic (exact) mass is 318 g/mol. The van der Waals surface area contributed by atoms with Gasteiger partial charge in [-0.1, -0.05) is 29.8 Å². The van der Waals surface area contributed by atoms with E-state index in [9.17, 15) is 0 Å². The highest BCUT2D eigenvalue weighted by Crippen LogP contribution is 2.21. The molecule has 0 saturated heterocycles. The summed E-state index contributed by atoms with van der Waals surface area (Å²) in [5, 5.41) is 0.756. The van der Waals surface area contributed by atoms with Gasteiger partial charge in [0.2, 0.25) is 0 Å². The standard InChI is InChI=1S/C17H16Cl2N2/c1-12-5-6-16-15(9-12)20-17(7-8-18)21(16)11-13-3-2-4-14(19)10-13/h2-6,9-10H,7-8,11H2,1H3. The molecule has 0 bridgehead atoms. The summed E-state index contributed by atoms with van der Waals surface area (Å²) in [5.41, 5.74) is 4.54. The van der Waals surface area contributed by atoms with Crippen LogP contribution in [0.2, 0.25) is 5.02 Å². The topological polar surface area (TPSA) is 17.8 Å². The van der Waals surface area contributed by atoms with Crippen molar-refractivity contribution < 1.29 is 0 Å². The van der Waals surface area contributed by atoms with Gasteiger partial charge in [-0.25, -0.2) is 4.98 Å². The van der Waals surface area contributed by atoms with Crippen LogP contribution in [0.4, 0.5) is 0 Å². The normalized spacial score (nSPS) is 11.2. The Morgan fingerprint density at radius 2 is 2.00 bits per heavy atom. The van der Waals surface area contributed by atoms with Gasteiger partial charge in [0, 0.05) is 23.9 Å². The summed E-state index contributed by atoms with van der Waals surface area (Å²) in [6, 6.07) is 14.3. The number of nitrogens with zero attached hydrogens (tertiary/aromatic N) is 2. The molecule has 0 N–H and O–H groups in total. The number of fused-ring (bicyclic) bond motifs is 1. The van der Waals surface area contributed by atoms with Crippen LogP contribution in [-0.2, 0) is 13.0 Å². The molecule has 4 heteroatoms. The van der Waals surface area contributed by atoms with E-state index in [1.54, 1.807) is 0 Å². The highest BCUT2D eigenvalue weighted by atomic mass is 35.5.